The van der Waals surface area contributed by atoms with Gasteiger partial charge in [0, 0.05) is 36.1 Å². The minimum absolute atomic E-state index is 0.0192. The second kappa shape index (κ2) is 8.19. The van der Waals surface area contributed by atoms with Gasteiger partial charge in [-0.05, 0) is 67.9 Å². The van der Waals surface area contributed by atoms with Crippen molar-refractivity contribution in [2.75, 3.05) is 26.2 Å². The van der Waals surface area contributed by atoms with E-state index in [1.807, 2.05) is 0 Å². The number of H-pyrrole nitrogens is 1. The van der Waals surface area contributed by atoms with Crippen LogP contribution >= 0.6 is 0 Å². The molecule has 3 aliphatic heterocycles. The average molecular weight is 497 g/mol. The minimum Gasteiger partial charge on any atom is -0.508 e. The number of hydrogen-bond donors (Lipinski definition) is 2. The highest BCUT2D eigenvalue weighted by Crippen LogP contribution is 2.49. The van der Waals surface area contributed by atoms with E-state index in [0.717, 1.165) is 25.1 Å². The maximum atomic E-state index is 13.8. The number of nitrogens with zero attached hydrogens (tertiary/aromatic N) is 3. The molecule has 2 atom stereocenters. The predicted octanol–water partition coefficient (Wildman–Crippen LogP) is 3.85. The number of phenolic OH excluding ortho intramolecular Hbond substituents is 1. The number of rotatable bonds is 6. The minimum atomic E-state index is -2.96. The van der Waals surface area contributed by atoms with Crippen molar-refractivity contribution in [2.24, 2.45) is 0 Å². The fourth-order valence-corrected chi connectivity index (χ4v) is 5.75. The Labute approximate surface area is 206 Å². The van der Waals surface area contributed by atoms with Crippen molar-refractivity contribution in [3.63, 3.8) is 0 Å². The summed E-state index contributed by atoms with van der Waals surface area (Å²) in [5.74, 6) is -0.221. The lowest BCUT2D eigenvalue weighted by molar-refractivity contribution is -0.133. The molecule has 2 N–H and O–H groups in total. The van der Waals surface area contributed by atoms with Crippen LogP contribution in [0.5, 0.6) is 11.5 Å². The van der Waals surface area contributed by atoms with E-state index in [9.17, 15) is 23.5 Å². The topological polar surface area (TPSA) is 89.1 Å². The number of carbonyl (C=O) groups excluding carboxylic acids is 2. The molecule has 0 unspecified atom stereocenters. The number of imide groups is 1. The Hall–Kier alpha value is -3.66. The second-order valence-electron chi connectivity index (χ2n) is 9.86. The third-order valence-electron chi connectivity index (χ3n) is 7.64. The number of aromatic amines is 1. The molecule has 188 valence electrons. The lowest BCUT2D eigenvalue weighted by Crippen LogP contribution is -2.53. The number of aromatic nitrogens is 1. The first kappa shape index (κ1) is 22.8. The summed E-state index contributed by atoms with van der Waals surface area (Å²) in [4.78, 5) is 36.0. The van der Waals surface area contributed by atoms with Gasteiger partial charge in [-0.25, -0.2) is 4.79 Å². The first-order valence-corrected chi connectivity index (χ1v) is 12.0. The summed E-state index contributed by atoms with van der Waals surface area (Å²) in [5.41, 5.74) is 1.61. The Bertz CT molecular complexity index is 1370. The fourth-order valence-electron chi connectivity index (χ4n) is 5.75. The number of alkyl halides is 2. The van der Waals surface area contributed by atoms with Gasteiger partial charge in [-0.2, -0.15) is 8.78 Å². The van der Waals surface area contributed by atoms with Crippen LogP contribution in [-0.2, 0) is 11.2 Å². The van der Waals surface area contributed by atoms with Gasteiger partial charge in [0.25, 0.3) is 5.91 Å². The Morgan fingerprint density at radius 3 is 2.67 bits per heavy atom. The molecule has 10 heteroatoms. The third-order valence-corrected chi connectivity index (χ3v) is 7.64. The number of likely N-dealkylation sites (tertiary alicyclic amines) is 1. The number of ether oxygens (including phenoxy) is 1. The summed E-state index contributed by atoms with van der Waals surface area (Å²) in [7, 11) is 0. The quantitative estimate of drug-likeness (QED) is 0.506. The fraction of sp³-hybridized carbons (Fsp3) is 0.385. The number of urea groups is 1. The SMILES string of the molecule is C[C@@]12Cc3c([nH]c4ccc(OC(F)F)cc34)[C@@H](c3cccc(O)c3)N1C(=O)N(CCN1CCC1)C2=O. The molecule has 0 radical (unpaired) electrons. The second-order valence-corrected chi connectivity index (χ2v) is 9.86. The maximum Gasteiger partial charge on any atom is 0.387 e. The van der Waals surface area contributed by atoms with Crippen molar-refractivity contribution >= 4 is 22.8 Å². The number of benzene rings is 2. The monoisotopic (exact) mass is 496 g/mol. The lowest BCUT2D eigenvalue weighted by Gasteiger charge is -2.42. The van der Waals surface area contributed by atoms with E-state index in [4.69, 9.17) is 0 Å². The van der Waals surface area contributed by atoms with Gasteiger partial charge in [-0.15, -0.1) is 0 Å². The van der Waals surface area contributed by atoms with Gasteiger partial charge in [0.05, 0.1) is 0 Å². The number of aromatic hydroxyl groups is 1. The number of hydrogen-bond acceptors (Lipinski definition) is 5. The predicted molar refractivity (Wildman–Crippen MR) is 127 cm³/mol. The zero-order valence-electron chi connectivity index (χ0n) is 19.7. The van der Waals surface area contributed by atoms with Gasteiger partial charge < -0.3 is 19.7 Å². The van der Waals surface area contributed by atoms with Crippen molar-refractivity contribution in [3.8, 4) is 11.5 Å². The molecule has 2 fully saturated rings. The van der Waals surface area contributed by atoms with Gasteiger partial charge in [0.1, 0.15) is 23.1 Å². The van der Waals surface area contributed by atoms with Crippen LogP contribution in [0.2, 0.25) is 0 Å². The van der Waals surface area contributed by atoms with Crippen molar-refractivity contribution < 1.29 is 28.2 Å². The average Bonchev–Trinajstić information content (AvgIpc) is 3.23. The van der Waals surface area contributed by atoms with Gasteiger partial charge in [0.15, 0.2) is 0 Å². The molecule has 6 rings (SSSR count). The summed E-state index contributed by atoms with van der Waals surface area (Å²) in [6.07, 6.45) is 1.34. The molecule has 0 saturated carbocycles. The van der Waals surface area contributed by atoms with E-state index >= 15 is 0 Å². The van der Waals surface area contributed by atoms with Crippen LogP contribution in [0.1, 0.15) is 36.2 Å². The van der Waals surface area contributed by atoms with Crippen LogP contribution < -0.4 is 4.74 Å². The summed E-state index contributed by atoms with van der Waals surface area (Å²) in [6.45, 7) is 1.65. The third kappa shape index (κ3) is 3.42. The maximum absolute atomic E-state index is 13.8. The zero-order valence-corrected chi connectivity index (χ0v) is 19.7. The highest BCUT2D eigenvalue weighted by atomic mass is 19.3. The first-order valence-electron chi connectivity index (χ1n) is 12.0. The number of nitrogens with one attached hydrogen (secondary N) is 1. The first-order chi connectivity index (χ1) is 17.3. The molecule has 0 aliphatic carbocycles. The molecule has 2 aromatic carbocycles. The Kier molecular flexibility index (Phi) is 5.18. The number of halogens is 2. The van der Waals surface area contributed by atoms with Crippen molar-refractivity contribution in [1.29, 1.82) is 0 Å². The van der Waals surface area contributed by atoms with Gasteiger partial charge in [-0.3, -0.25) is 14.6 Å². The van der Waals surface area contributed by atoms with E-state index < -0.39 is 18.2 Å². The van der Waals surface area contributed by atoms with Crippen LogP contribution in [0, 0.1) is 0 Å². The van der Waals surface area contributed by atoms with Crippen LogP contribution in [0.15, 0.2) is 42.5 Å². The molecule has 3 amide bonds. The molecule has 8 nitrogen and oxygen atoms in total. The molecule has 1 aromatic heterocycles. The standard InChI is InChI=1S/C26H26F2N4O4/c1-26-14-19-18-13-17(36-24(27)28)6-7-20(18)29-21(19)22(15-4-2-5-16(33)12-15)32(26)25(35)31(23(26)34)11-10-30-8-3-9-30/h2,4-7,12-13,22,24,29,33H,3,8-11,14H2,1H3/t22-,26+/m1/s1. The number of amides is 3. The molecule has 0 spiro atoms. The van der Waals surface area contributed by atoms with Gasteiger partial charge in [0.2, 0.25) is 0 Å². The summed E-state index contributed by atoms with van der Waals surface area (Å²) in [6, 6.07) is 10.2. The Morgan fingerprint density at radius 2 is 1.97 bits per heavy atom. The highest BCUT2D eigenvalue weighted by Gasteiger charge is 2.60. The zero-order chi connectivity index (χ0) is 25.2. The largest absolute Gasteiger partial charge is 0.508 e. The Balaban J connectivity index is 1.48. The molecule has 0 bridgehead atoms. The number of carbonyl (C=O) groups is 2. The Morgan fingerprint density at radius 1 is 1.17 bits per heavy atom. The molecular formula is C26H26F2N4O4. The van der Waals surface area contributed by atoms with E-state index in [0.29, 0.717) is 35.2 Å². The smallest absolute Gasteiger partial charge is 0.387 e. The van der Waals surface area contributed by atoms with Crippen LogP contribution in [-0.4, -0.2) is 75.1 Å². The van der Waals surface area contributed by atoms with Crippen LogP contribution in [0.25, 0.3) is 10.9 Å². The van der Waals surface area contributed by atoms with Gasteiger partial charge >= 0.3 is 12.6 Å². The summed E-state index contributed by atoms with van der Waals surface area (Å²) >= 11 is 0. The molecule has 36 heavy (non-hydrogen) atoms. The highest BCUT2D eigenvalue weighted by molar-refractivity contribution is 6.08. The van der Waals surface area contributed by atoms with E-state index in [-0.39, 0.29) is 29.9 Å². The number of phenols is 1. The van der Waals surface area contributed by atoms with Crippen molar-refractivity contribution in [1.82, 2.24) is 19.7 Å². The molecule has 4 heterocycles. The number of fused-ring (bicyclic) bond motifs is 4. The molecule has 2 saturated heterocycles. The van der Waals surface area contributed by atoms with E-state index in [2.05, 4.69) is 14.6 Å². The molecule has 3 aromatic rings. The summed E-state index contributed by atoms with van der Waals surface area (Å²) in [5, 5.41) is 10.9. The van der Waals surface area contributed by atoms with Crippen LogP contribution in [0.3, 0.4) is 0 Å². The summed E-state index contributed by atoms with van der Waals surface area (Å²) < 4.78 is 30.4. The lowest BCUT2D eigenvalue weighted by atomic mass is 9.81. The van der Waals surface area contributed by atoms with E-state index in [1.54, 1.807) is 42.2 Å². The van der Waals surface area contributed by atoms with Crippen molar-refractivity contribution in [2.45, 2.75) is 38.0 Å². The normalized spacial score (nSPS) is 23.8. The molecular weight excluding hydrogens is 470 g/mol. The van der Waals surface area contributed by atoms with E-state index in [1.165, 1.54) is 17.0 Å². The van der Waals surface area contributed by atoms with Crippen LogP contribution in [0.4, 0.5) is 13.6 Å². The van der Waals surface area contributed by atoms with Gasteiger partial charge in [-0.1, -0.05) is 12.1 Å². The van der Waals surface area contributed by atoms with Crippen molar-refractivity contribution in [3.05, 3.63) is 59.3 Å². The molecule has 3 aliphatic rings.